The Balaban J connectivity index is 1.26. The van der Waals surface area contributed by atoms with Crippen molar-refractivity contribution in [1.82, 2.24) is 10.2 Å². The van der Waals surface area contributed by atoms with E-state index in [9.17, 15) is 22.4 Å². The van der Waals surface area contributed by atoms with Gasteiger partial charge in [-0.25, -0.2) is 9.53 Å². The van der Waals surface area contributed by atoms with Crippen molar-refractivity contribution in [2.75, 3.05) is 25.0 Å². The van der Waals surface area contributed by atoms with Crippen LogP contribution in [-0.4, -0.2) is 42.9 Å². The second-order valence-corrected chi connectivity index (χ2v) is 8.86. The first-order valence-electron chi connectivity index (χ1n) is 11.5. The second kappa shape index (κ2) is 9.89. The average Bonchev–Trinajstić information content (AvgIpc) is 2.70. The molecule has 10 heteroatoms. The molecule has 1 fully saturated rings. The van der Waals surface area contributed by atoms with E-state index in [-0.39, 0.29) is 11.7 Å². The van der Waals surface area contributed by atoms with Gasteiger partial charge in [-0.1, -0.05) is 24.5 Å². The van der Waals surface area contributed by atoms with Gasteiger partial charge in [0.2, 0.25) is 0 Å². The highest BCUT2D eigenvalue weighted by Gasteiger charge is 2.54. The highest BCUT2D eigenvalue weighted by molar-refractivity contribution is 5.89. The number of benzene rings is 1. The fourth-order valence-electron chi connectivity index (χ4n) is 4.55. The molecule has 0 aromatic heterocycles. The predicted octanol–water partition coefficient (Wildman–Crippen LogP) is 5.56. The number of urea groups is 1. The zero-order chi connectivity index (χ0) is 23.5. The summed E-state index contributed by atoms with van der Waals surface area (Å²) in [6.07, 6.45) is 2.74. The standard InChI is InChI=1S/C23H29F4N3O3/c24-22(25)19-14-18(8-9-20(19)32-23(26,27)33-22)29-21(31)28-17-10-12-30(13-11-17)15-16-6-4-2-1-3-5-7-16/h6,8-9,14,17H,1-5,7,10-13,15H2,(H2,28,29,31). The summed E-state index contributed by atoms with van der Waals surface area (Å²) in [4.78, 5) is 14.8. The molecule has 0 unspecified atom stereocenters. The summed E-state index contributed by atoms with van der Waals surface area (Å²) in [6.45, 7) is 2.72. The quantitative estimate of drug-likeness (QED) is 0.446. The fraction of sp³-hybridized carbons (Fsp3) is 0.609. The normalized spacial score (nSPS) is 23.3. The topological polar surface area (TPSA) is 62.8 Å². The van der Waals surface area contributed by atoms with Crippen LogP contribution in [0.2, 0.25) is 0 Å². The first-order valence-corrected chi connectivity index (χ1v) is 11.5. The molecule has 1 aromatic carbocycles. The van der Waals surface area contributed by atoms with E-state index in [4.69, 9.17) is 0 Å². The molecule has 1 saturated heterocycles. The third kappa shape index (κ3) is 6.38. The van der Waals surface area contributed by atoms with Gasteiger partial charge in [0, 0.05) is 31.4 Å². The Labute approximate surface area is 190 Å². The van der Waals surface area contributed by atoms with Gasteiger partial charge < -0.3 is 15.4 Å². The maximum atomic E-state index is 13.9. The van der Waals surface area contributed by atoms with Crippen LogP contribution in [0.1, 0.15) is 56.9 Å². The van der Waals surface area contributed by atoms with E-state index in [1.54, 1.807) is 0 Å². The molecule has 2 aliphatic heterocycles. The van der Waals surface area contributed by atoms with E-state index < -0.39 is 29.7 Å². The van der Waals surface area contributed by atoms with Crippen molar-refractivity contribution in [2.45, 2.75) is 69.8 Å². The van der Waals surface area contributed by atoms with E-state index in [1.165, 1.54) is 37.3 Å². The third-order valence-corrected chi connectivity index (χ3v) is 6.26. The molecule has 1 aliphatic carbocycles. The molecule has 2 amide bonds. The number of halogens is 4. The van der Waals surface area contributed by atoms with Gasteiger partial charge >= 0.3 is 18.4 Å². The Bertz CT molecular complexity index is 886. The van der Waals surface area contributed by atoms with Gasteiger partial charge in [-0.3, -0.25) is 4.90 Å². The number of alkyl halides is 4. The van der Waals surface area contributed by atoms with E-state index in [0.717, 1.165) is 57.5 Å². The van der Waals surface area contributed by atoms with Crippen molar-refractivity contribution < 1.29 is 31.8 Å². The molecule has 182 valence electrons. The molecular formula is C23H29F4N3O3. The van der Waals surface area contributed by atoms with E-state index in [0.29, 0.717) is 0 Å². The van der Waals surface area contributed by atoms with Crippen LogP contribution in [0.3, 0.4) is 0 Å². The first-order chi connectivity index (χ1) is 15.7. The number of carbonyl (C=O) groups excluding carboxylic acids is 1. The SMILES string of the molecule is O=C(Nc1ccc2c(c1)C(F)(F)OC(F)(F)O2)NC1CCN(CC2=CCCCCCC2)CC1. The van der Waals surface area contributed by atoms with E-state index in [2.05, 4.69) is 31.1 Å². The number of carbonyl (C=O) groups is 1. The molecule has 2 heterocycles. The van der Waals surface area contributed by atoms with Crippen LogP contribution < -0.4 is 15.4 Å². The molecule has 0 spiro atoms. The first kappa shape index (κ1) is 23.8. The van der Waals surface area contributed by atoms with Crippen molar-refractivity contribution in [2.24, 2.45) is 0 Å². The van der Waals surface area contributed by atoms with Crippen molar-refractivity contribution in [3.63, 3.8) is 0 Å². The number of hydrogen-bond acceptors (Lipinski definition) is 4. The highest BCUT2D eigenvalue weighted by atomic mass is 19.3. The number of amides is 2. The molecule has 0 atom stereocenters. The van der Waals surface area contributed by atoms with Crippen molar-refractivity contribution in [1.29, 1.82) is 0 Å². The highest BCUT2D eigenvalue weighted by Crippen LogP contribution is 2.46. The lowest BCUT2D eigenvalue weighted by atomic mass is 9.98. The predicted molar refractivity (Wildman–Crippen MR) is 114 cm³/mol. The molecule has 6 nitrogen and oxygen atoms in total. The summed E-state index contributed by atoms with van der Waals surface area (Å²) in [5, 5.41) is 5.35. The maximum absolute atomic E-state index is 13.9. The van der Waals surface area contributed by atoms with Gasteiger partial charge in [0.05, 0.1) is 5.56 Å². The van der Waals surface area contributed by atoms with Crippen molar-refractivity contribution in [3.05, 3.63) is 35.4 Å². The minimum Gasteiger partial charge on any atom is -0.409 e. The molecule has 2 N–H and O–H groups in total. The van der Waals surface area contributed by atoms with Gasteiger partial charge in [-0.05, 0) is 56.7 Å². The number of likely N-dealkylation sites (tertiary alicyclic amines) is 1. The second-order valence-electron chi connectivity index (χ2n) is 8.86. The Morgan fingerprint density at radius 2 is 1.85 bits per heavy atom. The van der Waals surface area contributed by atoms with Crippen molar-refractivity contribution in [3.8, 4) is 5.75 Å². The number of ether oxygens (including phenoxy) is 2. The summed E-state index contributed by atoms with van der Waals surface area (Å²) in [6, 6.07) is 2.48. The number of nitrogens with one attached hydrogen (secondary N) is 2. The van der Waals surface area contributed by atoms with Crippen LogP contribution in [0.15, 0.2) is 29.8 Å². The Morgan fingerprint density at radius 3 is 2.64 bits per heavy atom. The Kier molecular flexibility index (Phi) is 7.13. The number of fused-ring (bicyclic) bond motifs is 1. The zero-order valence-electron chi connectivity index (χ0n) is 18.3. The summed E-state index contributed by atoms with van der Waals surface area (Å²) in [5.41, 5.74) is 0.661. The van der Waals surface area contributed by atoms with Crippen LogP contribution in [0, 0.1) is 0 Å². The van der Waals surface area contributed by atoms with Gasteiger partial charge in [0.25, 0.3) is 0 Å². The smallest absolute Gasteiger partial charge is 0.409 e. The molecule has 4 rings (SSSR count). The monoisotopic (exact) mass is 471 g/mol. The fourth-order valence-corrected chi connectivity index (χ4v) is 4.55. The molecule has 33 heavy (non-hydrogen) atoms. The lowest BCUT2D eigenvalue weighted by molar-refractivity contribution is -0.461. The summed E-state index contributed by atoms with van der Waals surface area (Å²) in [5.74, 6) is -0.700. The van der Waals surface area contributed by atoms with Crippen LogP contribution in [-0.2, 0) is 10.8 Å². The summed E-state index contributed by atoms with van der Waals surface area (Å²) in [7, 11) is 0. The van der Waals surface area contributed by atoms with Gasteiger partial charge in [0.1, 0.15) is 5.75 Å². The molecule has 0 saturated carbocycles. The van der Waals surface area contributed by atoms with Crippen LogP contribution >= 0.6 is 0 Å². The lowest BCUT2D eigenvalue weighted by Gasteiger charge is -2.33. The molecule has 3 aliphatic rings. The van der Waals surface area contributed by atoms with Crippen LogP contribution in [0.5, 0.6) is 5.75 Å². The van der Waals surface area contributed by atoms with Crippen LogP contribution in [0.4, 0.5) is 28.0 Å². The number of allylic oxidation sites excluding steroid dienone is 1. The number of anilines is 1. The molecule has 0 radical (unpaired) electrons. The summed E-state index contributed by atoms with van der Waals surface area (Å²) >= 11 is 0. The summed E-state index contributed by atoms with van der Waals surface area (Å²) < 4.78 is 61.6. The van der Waals surface area contributed by atoms with Gasteiger partial charge in [-0.15, -0.1) is 8.78 Å². The maximum Gasteiger partial charge on any atom is 0.540 e. The minimum atomic E-state index is -4.43. The number of nitrogens with zero attached hydrogens (tertiary/aromatic N) is 1. The number of hydrogen-bond donors (Lipinski definition) is 2. The molecular weight excluding hydrogens is 442 g/mol. The van der Waals surface area contributed by atoms with E-state index >= 15 is 0 Å². The molecule has 0 bridgehead atoms. The Morgan fingerprint density at radius 1 is 1.09 bits per heavy atom. The third-order valence-electron chi connectivity index (χ3n) is 6.26. The van der Waals surface area contributed by atoms with Gasteiger partial charge in [-0.2, -0.15) is 8.78 Å². The van der Waals surface area contributed by atoms with Gasteiger partial charge in [0.15, 0.2) is 0 Å². The Hall–Kier alpha value is -2.33. The molecule has 1 aromatic rings. The van der Waals surface area contributed by atoms with Crippen molar-refractivity contribution >= 4 is 11.7 Å². The lowest BCUT2D eigenvalue weighted by Crippen LogP contribution is -2.46. The number of rotatable bonds is 4. The average molecular weight is 471 g/mol. The number of piperidine rings is 1. The zero-order valence-corrected chi connectivity index (χ0v) is 18.3. The van der Waals surface area contributed by atoms with E-state index in [1.807, 2.05) is 0 Å². The van der Waals surface area contributed by atoms with Crippen LogP contribution in [0.25, 0.3) is 0 Å². The minimum absolute atomic E-state index is 0.0250. The largest absolute Gasteiger partial charge is 0.540 e.